The fourth-order valence-corrected chi connectivity index (χ4v) is 4.64. The molecule has 3 atom stereocenters. The Morgan fingerprint density at radius 2 is 1.81 bits per heavy atom. The third kappa shape index (κ3) is 5.83. The van der Waals surface area contributed by atoms with E-state index in [4.69, 9.17) is 9.47 Å². The zero-order valence-electron chi connectivity index (χ0n) is 17.0. The van der Waals surface area contributed by atoms with Crippen molar-refractivity contribution < 1.29 is 42.7 Å². The van der Waals surface area contributed by atoms with Crippen molar-refractivity contribution in [2.24, 2.45) is 11.8 Å². The second kappa shape index (κ2) is 10.1. The van der Waals surface area contributed by atoms with Crippen LogP contribution in [-0.2, 0) is 4.74 Å². The van der Waals surface area contributed by atoms with Gasteiger partial charge in [-0.05, 0) is 55.9 Å². The Labute approximate surface area is 181 Å². The van der Waals surface area contributed by atoms with Crippen LogP contribution >= 0.6 is 0 Å². The summed E-state index contributed by atoms with van der Waals surface area (Å²) in [4.78, 5) is 12.4. The van der Waals surface area contributed by atoms with Gasteiger partial charge in [0.25, 0.3) is 0 Å². The standard InChI is InChI=1S/C22H34NO3.HI/c1-17(2)15-25-20-11-9-18(10-12-20)22(24)26-16-19-7-6-14-23(3)13-5-4-8-21(19)23;/h9-12,17,19,21H,4-8,13-16H2,1-3H3;1H/q+1;/p-1/t19-,21?,23?;/m1./s1. The Balaban J connectivity index is 0.00000261. The van der Waals surface area contributed by atoms with Crippen LogP contribution in [0.3, 0.4) is 0 Å². The van der Waals surface area contributed by atoms with E-state index in [-0.39, 0.29) is 29.9 Å². The number of ether oxygens (including phenoxy) is 2. The largest absolute Gasteiger partial charge is 1.00 e. The highest BCUT2D eigenvalue weighted by Crippen LogP contribution is 2.36. The van der Waals surface area contributed by atoms with E-state index in [0.717, 1.165) is 5.75 Å². The Hall–Kier alpha value is -0.820. The van der Waals surface area contributed by atoms with E-state index < -0.39 is 0 Å². The van der Waals surface area contributed by atoms with E-state index in [9.17, 15) is 4.79 Å². The third-order valence-corrected chi connectivity index (χ3v) is 6.11. The first-order valence-electron chi connectivity index (χ1n) is 10.2. The number of carbonyl (C=O) groups is 1. The normalized spacial score (nSPS) is 27.4. The molecular weight excluding hydrogens is 453 g/mol. The number of fused-ring (bicyclic) bond motifs is 1. The van der Waals surface area contributed by atoms with Crippen molar-refractivity contribution in [2.75, 3.05) is 33.4 Å². The maximum Gasteiger partial charge on any atom is 0.338 e. The predicted molar refractivity (Wildman–Crippen MR) is 103 cm³/mol. The molecule has 1 aromatic rings. The van der Waals surface area contributed by atoms with Crippen LogP contribution in [0.1, 0.15) is 56.3 Å². The van der Waals surface area contributed by atoms with E-state index in [1.54, 1.807) is 12.1 Å². The summed E-state index contributed by atoms with van der Waals surface area (Å²) in [7, 11) is 2.40. The van der Waals surface area contributed by atoms with Crippen molar-refractivity contribution in [3.8, 4) is 5.75 Å². The molecule has 2 heterocycles. The topological polar surface area (TPSA) is 35.5 Å². The van der Waals surface area contributed by atoms with Crippen molar-refractivity contribution in [1.82, 2.24) is 0 Å². The number of benzene rings is 1. The van der Waals surface area contributed by atoms with E-state index in [1.165, 1.54) is 49.7 Å². The van der Waals surface area contributed by atoms with Crippen LogP contribution in [0.15, 0.2) is 24.3 Å². The van der Waals surface area contributed by atoms with Gasteiger partial charge in [-0.2, -0.15) is 0 Å². The number of carbonyl (C=O) groups excluding carboxylic acids is 1. The molecule has 2 aliphatic rings. The van der Waals surface area contributed by atoms with Gasteiger partial charge in [0.15, 0.2) is 0 Å². The lowest BCUT2D eigenvalue weighted by atomic mass is 9.82. The van der Waals surface area contributed by atoms with E-state index in [0.29, 0.717) is 36.7 Å². The van der Waals surface area contributed by atoms with Gasteiger partial charge < -0.3 is 37.9 Å². The van der Waals surface area contributed by atoms with Gasteiger partial charge in [0.1, 0.15) is 12.4 Å². The maximum atomic E-state index is 12.4. The molecule has 2 fully saturated rings. The second-order valence-electron chi connectivity index (χ2n) is 8.72. The average molecular weight is 487 g/mol. The minimum Gasteiger partial charge on any atom is -1.00 e. The first-order chi connectivity index (χ1) is 12.5. The number of quaternary nitrogens is 1. The van der Waals surface area contributed by atoms with E-state index in [1.807, 2.05) is 12.1 Å². The summed E-state index contributed by atoms with van der Waals surface area (Å²) in [5.41, 5.74) is 0.610. The number of halogens is 1. The molecule has 2 aliphatic heterocycles. The highest BCUT2D eigenvalue weighted by Gasteiger charge is 2.43. The van der Waals surface area contributed by atoms with Gasteiger partial charge >= 0.3 is 5.97 Å². The minimum absolute atomic E-state index is 0. The Kier molecular flexibility index (Phi) is 8.40. The number of nitrogens with zero attached hydrogens (tertiary/aromatic N) is 1. The summed E-state index contributed by atoms with van der Waals surface area (Å²) in [5, 5.41) is 0. The molecule has 2 saturated heterocycles. The smallest absolute Gasteiger partial charge is 0.338 e. The molecule has 0 saturated carbocycles. The zero-order chi connectivity index (χ0) is 18.6. The van der Waals surface area contributed by atoms with Crippen LogP contribution in [-0.4, -0.2) is 49.8 Å². The van der Waals surface area contributed by atoms with Crippen molar-refractivity contribution in [1.29, 1.82) is 0 Å². The Morgan fingerprint density at radius 3 is 2.52 bits per heavy atom. The summed E-state index contributed by atoms with van der Waals surface area (Å²) in [6.07, 6.45) is 6.37. The first-order valence-corrected chi connectivity index (χ1v) is 10.2. The molecule has 0 bridgehead atoms. The van der Waals surface area contributed by atoms with Gasteiger partial charge in [-0.1, -0.05) is 13.8 Å². The second-order valence-corrected chi connectivity index (χ2v) is 8.72. The molecule has 0 radical (unpaired) electrons. The molecule has 1 aromatic carbocycles. The predicted octanol–water partition coefficient (Wildman–Crippen LogP) is 1.29. The SMILES string of the molecule is CC(C)COc1ccc(C(=O)OC[C@H]2CCC[N+]3(C)CCCCC23)cc1.[I-]. The van der Waals surface area contributed by atoms with Gasteiger partial charge in [0.05, 0.1) is 38.3 Å². The van der Waals surface area contributed by atoms with Crippen molar-refractivity contribution >= 4 is 5.97 Å². The molecule has 4 nitrogen and oxygen atoms in total. The lowest BCUT2D eigenvalue weighted by molar-refractivity contribution is -0.947. The van der Waals surface area contributed by atoms with Crippen LogP contribution in [0.2, 0.25) is 0 Å². The van der Waals surface area contributed by atoms with E-state index in [2.05, 4.69) is 20.9 Å². The molecule has 0 aromatic heterocycles. The Morgan fingerprint density at radius 1 is 1.11 bits per heavy atom. The maximum absolute atomic E-state index is 12.4. The zero-order valence-corrected chi connectivity index (χ0v) is 19.1. The molecule has 152 valence electrons. The number of rotatable bonds is 6. The first kappa shape index (κ1) is 22.5. The highest BCUT2D eigenvalue weighted by molar-refractivity contribution is 5.89. The minimum atomic E-state index is -0.212. The number of piperidine rings is 2. The number of hydrogen-bond acceptors (Lipinski definition) is 3. The molecule has 5 heteroatoms. The van der Waals surface area contributed by atoms with Crippen molar-refractivity contribution in [2.45, 2.75) is 52.0 Å². The average Bonchev–Trinajstić information content (AvgIpc) is 2.64. The molecule has 0 amide bonds. The molecule has 0 aliphatic carbocycles. The molecule has 0 spiro atoms. The summed E-state index contributed by atoms with van der Waals surface area (Å²) >= 11 is 0. The molecule has 3 rings (SSSR count). The highest BCUT2D eigenvalue weighted by atomic mass is 127. The molecular formula is C22H34INO3. The summed E-state index contributed by atoms with van der Waals surface area (Å²) in [5.74, 6) is 1.58. The fourth-order valence-electron chi connectivity index (χ4n) is 4.64. The van der Waals surface area contributed by atoms with Gasteiger partial charge in [-0.3, -0.25) is 0 Å². The van der Waals surface area contributed by atoms with Crippen LogP contribution in [0.4, 0.5) is 0 Å². The van der Waals surface area contributed by atoms with Gasteiger partial charge in [-0.15, -0.1) is 0 Å². The van der Waals surface area contributed by atoms with Gasteiger partial charge in [0.2, 0.25) is 0 Å². The molecule has 2 unspecified atom stereocenters. The van der Waals surface area contributed by atoms with Crippen LogP contribution in [0.5, 0.6) is 5.75 Å². The van der Waals surface area contributed by atoms with Gasteiger partial charge in [-0.25, -0.2) is 4.79 Å². The lowest BCUT2D eigenvalue weighted by Crippen LogP contribution is -3.00. The number of esters is 1. The summed E-state index contributed by atoms with van der Waals surface area (Å²) in [6, 6.07) is 7.99. The van der Waals surface area contributed by atoms with Crippen LogP contribution < -0.4 is 28.7 Å². The fraction of sp³-hybridized carbons (Fsp3) is 0.682. The van der Waals surface area contributed by atoms with Crippen LogP contribution in [0, 0.1) is 11.8 Å². The quantitative estimate of drug-likeness (QED) is 0.345. The number of hydrogen-bond donors (Lipinski definition) is 0. The van der Waals surface area contributed by atoms with Gasteiger partial charge in [0, 0.05) is 12.3 Å². The lowest BCUT2D eigenvalue weighted by Gasteiger charge is -2.51. The molecule has 0 N–H and O–H groups in total. The van der Waals surface area contributed by atoms with Crippen molar-refractivity contribution in [3.05, 3.63) is 29.8 Å². The third-order valence-electron chi connectivity index (χ3n) is 6.11. The Bertz CT molecular complexity index is 600. The van der Waals surface area contributed by atoms with Crippen molar-refractivity contribution in [3.63, 3.8) is 0 Å². The molecule has 27 heavy (non-hydrogen) atoms. The summed E-state index contributed by atoms with van der Waals surface area (Å²) in [6.45, 7) is 8.05. The summed E-state index contributed by atoms with van der Waals surface area (Å²) < 4.78 is 12.6. The van der Waals surface area contributed by atoms with E-state index >= 15 is 0 Å². The monoisotopic (exact) mass is 487 g/mol. The van der Waals surface area contributed by atoms with Crippen LogP contribution in [0.25, 0.3) is 0 Å².